The van der Waals surface area contributed by atoms with Crippen LogP contribution in [0.25, 0.3) is 0 Å². The fourth-order valence-electron chi connectivity index (χ4n) is 1.24. The third-order valence-electron chi connectivity index (χ3n) is 2.09. The quantitative estimate of drug-likeness (QED) is 0.685. The molecule has 1 nitrogen and oxygen atoms in total. The Morgan fingerprint density at radius 2 is 2.15 bits per heavy atom. The lowest BCUT2D eigenvalue weighted by Crippen LogP contribution is -1.96. The Bertz CT molecular complexity index is 302. The maximum absolute atomic E-state index is 5.25. The summed E-state index contributed by atoms with van der Waals surface area (Å²) in [5.41, 5.74) is 2.36. The molecule has 0 amide bonds. The van der Waals surface area contributed by atoms with Gasteiger partial charge in [-0.2, -0.15) is 0 Å². The van der Waals surface area contributed by atoms with Crippen molar-refractivity contribution in [3.8, 4) is 5.75 Å². The van der Waals surface area contributed by atoms with E-state index in [1.807, 2.05) is 25.1 Å². The van der Waals surface area contributed by atoms with Gasteiger partial charge in [-0.3, -0.25) is 0 Å². The first-order valence-corrected chi connectivity index (χ1v) is 4.30. The van der Waals surface area contributed by atoms with Gasteiger partial charge >= 0.3 is 0 Å². The molecule has 1 aromatic rings. The van der Waals surface area contributed by atoms with E-state index in [-0.39, 0.29) is 0 Å². The standard InChI is InChI=1S/C12H15O/c1-5-10(3)11-8-9(2)6-7-12(11)13-4/h5-8H,1H2,2-4H3. The highest BCUT2D eigenvalue weighted by molar-refractivity contribution is 5.47. The molecule has 1 aromatic carbocycles. The summed E-state index contributed by atoms with van der Waals surface area (Å²) in [5.74, 6) is 2.04. The SMILES string of the molecule is C=C[C](C)c1cc(C)ccc1OC. The van der Waals surface area contributed by atoms with Gasteiger partial charge in [-0.05, 0) is 13.0 Å². The summed E-state index contributed by atoms with van der Waals surface area (Å²) in [4.78, 5) is 0. The van der Waals surface area contributed by atoms with Crippen molar-refractivity contribution in [2.75, 3.05) is 7.11 Å². The monoisotopic (exact) mass is 175 g/mol. The van der Waals surface area contributed by atoms with Crippen molar-refractivity contribution >= 4 is 0 Å². The van der Waals surface area contributed by atoms with Crippen LogP contribution < -0.4 is 4.74 Å². The van der Waals surface area contributed by atoms with Crippen molar-refractivity contribution in [1.29, 1.82) is 0 Å². The van der Waals surface area contributed by atoms with Gasteiger partial charge < -0.3 is 4.74 Å². The number of ether oxygens (including phenoxy) is 1. The zero-order valence-electron chi connectivity index (χ0n) is 8.42. The summed E-state index contributed by atoms with van der Waals surface area (Å²) in [7, 11) is 1.69. The molecule has 69 valence electrons. The smallest absolute Gasteiger partial charge is 0.122 e. The highest BCUT2D eigenvalue weighted by Crippen LogP contribution is 2.27. The molecule has 0 aliphatic heterocycles. The molecule has 0 spiro atoms. The second-order valence-electron chi connectivity index (χ2n) is 3.09. The minimum atomic E-state index is 0.906. The molecule has 0 aromatic heterocycles. The van der Waals surface area contributed by atoms with E-state index in [2.05, 4.69) is 19.6 Å². The molecule has 0 saturated heterocycles. The number of rotatable bonds is 3. The third kappa shape index (κ3) is 2.11. The normalized spacial score (nSPS) is 10.2. The Kier molecular flexibility index (Phi) is 3.13. The van der Waals surface area contributed by atoms with Crippen LogP contribution in [-0.2, 0) is 0 Å². The van der Waals surface area contributed by atoms with E-state index in [0.29, 0.717) is 0 Å². The Morgan fingerprint density at radius 3 is 2.69 bits per heavy atom. The second-order valence-corrected chi connectivity index (χ2v) is 3.09. The largest absolute Gasteiger partial charge is 0.496 e. The number of hydrogen-bond donors (Lipinski definition) is 0. The van der Waals surface area contributed by atoms with Crippen LogP contribution in [0.2, 0.25) is 0 Å². The summed E-state index contributed by atoms with van der Waals surface area (Å²) < 4.78 is 5.25. The first-order chi connectivity index (χ1) is 6.19. The predicted molar refractivity (Wildman–Crippen MR) is 55.9 cm³/mol. The average molecular weight is 175 g/mol. The average Bonchev–Trinajstić information content (AvgIpc) is 2.16. The van der Waals surface area contributed by atoms with Crippen LogP contribution in [-0.4, -0.2) is 7.11 Å². The molecule has 0 aliphatic carbocycles. The van der Waals surface area contributed by atoms with Crippen LogP contribution >= 0.6 is 0 Å². The van der Waals surface area contributed by atoms with Crippen LogP contribution in [0.3, 0.4) is 0 Å². The molecule has 1 radical (unpaired) electrons. The third-order valence-corrected chi connectivity index (χ3v) is 2.09. The van der Waals surface area contributed by atoms with Gasteiger partial charge in [-0.15, -0.1) is 6.58 Å². The number of hydrogen-bond acceptors (Lipinski definition) is 1. The van der Waals surface area contributed by atoms with Crippen molar-refractivity contribution in [3.05, 3.63) is 47.9 Å². The minimum Gasteiger partial charge on any atom is -0.496 e. The molecule has 0 fully saturated rings. The molecular formula is C12H15O. The van der Waals surface area contributed by atoms with Crippen LogP contribution in [0.5, 0.6) is 5.75 Å². The van der Waals surface area contributed by atoms with Crippen LogP contribution in [0.4, 0.5) is 0 Å². The highest BCUT2D eigenvalue weighted by Gasteiger charge is 2.08. The Morgan fingerprint density at radius 1 is 1.46 bits per heavy atom. The maximum Gasteiger partial charge on any atom is 0.122 e. The van der Waals surface area contributed by atoms with E-state index in [0.717, 1.165) is 17.2 Å². The van der Waals surface area contributed by atoms with Gasteiger partial charge in [0.15, 0.2) is 0 Å². The van der Waals surface area contributed by atoms with Gasteiger partial charge in [0.1, 0.15) is 5.75 Å². The van der Waals surface area contributed by atoms with Crippen LogP contribution in [0, 0.1) is 12.8 Å². The number of methoxy groups -OCH3 is 1. The molecule has 1 heteroatoms. The summed E-state index contributed by atoms with van der Waals surface area (Å²) in [6.45, 7) is 7.85. The van der Waals surface area contributed by atoms with Gasteiger partial charge in [0, 0.05) is 11.5 Å². The second kappa shape index (κ2) is 4.13. The zero-order valence-corrected chi connectivity index (χ0v) is 8.42. The first-order valence-electron chi connectivity index (χ1n) is 4.30. The molecule has 0 aliphatic rings. The molecule has 0 atom stereocenters. The van der Waals surface area contributed by atoms with E-state index in [4.69, 9.17) is 4.74 Å². The molecule has 0 saturated carbocycles. The molecular weight excluding hydrogens is 160 g/mol. The van der Waals surface area contributed by atoms with Gasteiger partial charge in [-0.1, -0.05) is 30.7 Å². The minimum absolute atomic E-state index is 0.906. The summed E-state index contributed by atoms with van der Waals surface area (Å²) in [6.07, 6.45) is 1.84. The van der Waals surface area contributed by atoms with Crippen molar-refractivity contribution in [1.82, 2.24) is 0 Å². The highest BCUT2D eigenvalue weighted by atomic mass is 16.5. The number of allylic oxidation sites excluding steroid dienone is 1. The van der Waals surface area contributed by atoms with Gasteiger partial charge in [0.25, 0.3) is 0 Å². The van der Waals surface area contributed by atoms with Crippen molar-refractivity contribution in [2.24, 2.45) is 0 Å². The fraction of sp³-hybridized carbons (Fsp3) is 0.250. The molecule has 0 bridgehead atoms. The lowest BCUT2D eigenvalue weighted by atomic mass is 9.98. The van der Waals surface area contributed by atoms with Crippen LogP contribution in [0.15, 0.2) is 30.9 Å². The Balaban J connectivity index is 3.14. The van der Waals surface area contributed by atoms with Crippen molar-refractivity contribution in [2.45, 2.75) is 13.8 Å². The van der Waals surface area contributed by atoms with Gasteiger partial charge in [-0.25, -0.2) is 0 Å². The molecule has 0 unspecified atom stereocenters. The summed E-state index contributed by atoms with van der Waals surface area (Å²) >= 11 is 0. The first kappa shape index (κ1) is 9.85. The lowest BCUT2D eigenvalue weighted by Gasteiger charge is -2.12. The zero-order chi connectivity index (χ0) is 9.84. The molecule has 0 heterocycles. The van der Waals surface area contributed by atoms with Gasteiger partial charge in [0.05, 0.1) is 7.11 Å². The number of aryl methyl sites for hydroxylation is 1. The summed E-state index contributed by atoms with van der Waals surface area (Å²) in [6, 6.07) is 6.13. The van der Waals surface area contributed by atoms with Crippen molar-refractivity contribution in [3.63, 3.8) is 0 Å². The summed E-state index contributed by atoms with van der Waals surface area (Å²) in [5, 5.41) is 0. The Labute approximate surface area is 80.0 Å². The molecule has 0 N–H and O–H groups in total. The Hall–Kier alpha value is -1.24. The van der Waals surface area contributed by atoms with E-state index in [1.165, 1.54) is 5.56 Å². The topological polar surface area (TPSA) is 9.23 Å². The predicted octanol–water partition coefficient (Wildman–Crippen LogP) is 3.13. The molecule has 1 rings (SSSR count). The van der Waals surface area contributed by atoms with E-state index < -0.39 is 0 Å². The number of benzene rings is 1. The van der Waals surface area contributed by atoms with Crippen molar-refractivity contribution < 1.29 is 4.74 Å². The van der Waals surface area contributed by atoms with Crippen LogP contribution in [0.1, 0.15) is 18.1 Å². The van der Waals surface area contributed by atoms with E-state index in [9.17, 15) is 0 Å². The van der Waals surface area contributed by atoms with E-state index in [1.54, 1.807) is 7.11 Å². The van der Waals surface area contributed by atoms with Gasteiger partial charge in [0.2, 0.25) is 0 Å². The molecule has 13 heavy (non-hydrogen) atoms. The fourth-order valence-corrected chi connectivity index (χ4v) is 1.24. The van der Waals surface area contributed by atoms with E-state index >= 15 is 0 Å². The lowest BCUT2D eigenvalue weighted by molar-refractivity contribution is 0.411. The maximum atomic E-state index is 5.25.